The number of fused-ring (bicyclic) bond motifs is 10. The summed E-state index contributed by atoms with van der Waals surface area (Å²) in [6.45, 7) is 10.9. The third kappa shape index (κ3) is 5.93. The van der Waals surface area contributed by atoms with Crippen LogP contribution in [0.4, 0.5) is 5.69 Å². The van der Waals surface area contributed by atoms with Gasteiger partial charge in [0.05, 0.1) is 0 Å². The molecule has 1 saturated carbocycles. The second-order valence-corrected chi connectivity index (χ2v) is 16.4. The average Bonchev–Trinajstić information content (AvgIpc) is 3.55. The molecule has 5 aromatic rings. The summed E-state index contributed by atoms with van der Waals surface area (Å²) in [5.41, 5.74) is 9.79. The van der Waals surface area contributed by atoms with Crippen molar-refractivity contribution >= 4 is 28.5 Å². The van der Waals surface area contributed by atoms with Crippen LogP contribution in [0.25, 0.3) is 28.0 Å². The first-order valence-corrected chi connectivity index (χ1v) is 20.9. The van der Waals surface area contributed by atoms with E-state index in [1.165, 1.54) is 83.8 Å². The molecule has 1 spiro atoms. The third-order valence-corrected chi connectivity index (χ3v) is 13.9. The summed E-state index contributed by atoms with van der Waals surface area (Å²) >= 11 is 0. The van der Waals surface area contributed by atoms with Gasteiger partial charge in [0, 0.05) is 52.3 Å². The smallest absolute Gasteiger partial charge is 0.330 e. The summed E-state index contributed by atoms with van der Waals surface area (Å²) in [6, 6.07) is 35.4. The Kier molecular flexibility index (Phi) is 9.51. The number of ether oxygens (including phenoxy) is 3. The summed E-state index contributed by atoms with van der Waals surface area (Å²) in [7, 11) is 0. The first-order valence-electron chi connectivity index (χ1n) is 20.9. The SMILES string of the molecule is C=CC(=O)OCCOc1ccc(C2(c3ccc(N4CCCCC4)cc3)C=Cc3c4c(c5ccccc5c3O2)-c2ccccc2C42CCC(CC)(CC)CC2)cc1. The molecule has 56 heavy (non-hydrogen) atoms. The molecule has 2 heterocycles. The summed E-state index contributed by atoms with van der Waals surface area (Å²) < 4.78 is 18.8. The molecular weight excluding hydrogens is 691 g/mol. The number of esters is 1. The normalized spacial score (nSPS) is 20.1. The number of hydrogen-bond acceptors (Lipinski definition) is 5. The maximum atomic E-state index is 11.5. The lowest BCUT2D eigenvalue weighted by Gasteiger charge is -2.47. The molecule has 0 amide bonds. The Morgan fingerprint density at radius 1 is 0.786 bits per heavy atom. The predicted octanol–water partition coefficient (Wildman–Crippen LogP) is 11.9. The van der Waals surface area contributed by atoms with Crippen LogP contribution in [0.15, 0.2) is 116 Å². The fourth-order valence-electron chi connectivity index (χ4n) is 10.5. The molecule has 2 aliphatic carbocycles. The minimum Gasteiger partial charge on any atom is -0.490 e. The highest BCUT2D eigenvalue weighted by atomic mass is 16.6. The van der Waals surface area contributed by atoms with Gasteiger partial charge in [0.2, 0.25) is 0 Å². The third-order valence-electron chi connectivity index (χ3n) is 13.9. The zero-order valence-corrected chi connectivity index (χ0v) is 32.9. The minimum absolute atomic E-state index is 0.0589. The zero-order valence-electron chi connectivity index (χ0n) is 32.9. The molecule has 4 aliphatic rings. The van der Waals surface area contributed by atoms with E-state index in [-0.39, 0.29) is 18.6 Å². The average molecular weight is 744 g/mol. The monoisotopic (exact) mass is 743 g/mol. The quantitative estimate of drug-likeness (QED) is 0.0810. The molecule has 5 heteroatoms. The van der Waals surface area contributed by atoms with E-state index in [0.717, 1.165) is 54.3 Å². The standard InChI is InChI=1S/C51H53NO4/c1-4-45(53)55-35-34-54-39-24-20-37(21-25-39)51(36-18-22-38(23-19-36)52-32-12-7-13-33-52)27-26-43-47-46(40-14-8-9-15-41(40)48(43)56-51)42-16-10-11-17-44(42)50(47)30-28-49(5-2,6-3)29-31-50/h4,8-11,14-27H,1,5-7,12-13,28-35H2,2-3H3. The Labute approximate surface area is 332 Å². The number of carbonyl (C=O) groups is 1. The van der Waals surface area contributed by atoms with Crippen molar-refractivity contribution in [1.29, 1.82) is 0 Å². The molecule has 9 rings (SSSR count). The van der Waals surface area contributed by atoms with Crippen LogP contribution in [-0.2, 0) is 20.5 Å². The van der Waals surface area contributed by atoms with Gasteiger partial charge in [-0.25, -0.2) is 4.79 Å². The number of benzene rings is 5. The first-order chi connectivity index (χ1) is 27.4. The van der Waals surface area contributed by atoms with Crippen LogP contribution in [0.5, 0.6) is 11.5 Å². The number of carbonyl (C=O) groups excluding carboxylic acids is 1. The van der Waals surface area contributed by atoms with Crippen molar-refractivity contribution in [3.05, 3.63) is 144 Å². The van der Waals surface area contributed by atoms with Crippen molar-refractivity contribution in [1.82, 2.24) is 0 Å². The van der Waals surface area contributed by atoms with Crippen LogP contribution in [0.3, 0.4) is 0 Å². The lowest BCUT2D eigenvalue weighted by atomic mass is 9.58. The van der Waals surface area contributed by atoms with Crippen molar-refractivity contribution in [2.75, 3.05) is 31.2 Å². The predicted molar refractivity (Wildman–Crippen MR) is 228 cm³/mol. The van der Waals surface area contributed by atoms with Crippen molar-refractivity contribution in [2.45, 2.75) is 82.7 Å². The molecule has 1 unspecified atom stereocenters. The Balaban J connectivity index is 1.18. The van der Waals surface area contributed by atoms with Gasteiger partial charge in [-0.15, -0.1) is 0 Å². The summed E-state index contributed by atoms with van der Waals surface area (Å²) in [5.74, 6) is 1.21. The molecular formula is C51H53NO4. The molecule has 0 radical (unpaired) electrons. The van der Waals surface area contributed by atoms with Crippen LogP contribution in [0.1, 0.15) is 99.5 Å². The number of anilines is 1. The molecule has 5 aromatic carbocycles. The molecule has 0 N–H and O–H groups in total. The van der Waals surface area contributed by atoms with Gasteiger partial charge in [-0.3, -0.25) is 0 Å². The van der Waals surface area contributed by atoms with E-state index < -0.39 is 11.6 Å². The molecule has 0 aromatic heterocycles. The Morgan fingerprint density at radius 2 is 1.45 bits per heavy atom. The number of hydrogen-bond donors (Lipinski definition) is 0. The van der Waals surface area contributed by atoms with E-state index in [9.17, 15) is 4.79 Å². The van der Waals surface area contributed by atoms with Gasteiger partial charge < -0.3 is 19.1 Å². The Hall–Kier alpha value is -5.29. The first kappa shape index (κ1) is 36.4. The van der Waals surface area contributed by atoms with Crippen LogP contribution in [0.2, 0.25) is 0 Å². The number of piperidine rings is 1. The van der Waals surface area contributed by atoms with Gasteiger partial charge in [0.25, 0.3) is 0 Å². The molecule has 1 atom stereocenters. The maximum absolute atomic E-state index is 11.5. The second kappa shape index (κ2) is 14.7. The molecule has 5 nitrogen and oxygen atoms in total. The Bertz CT molecular complexity index is 2280. The molecule has 0 bridgehead atoms. The van der Waals surface area contributed by atoms with Crippen LogP contribution in [0, 0.1) is 5.41 Å². The van der Waals surface area contributed by atoms with Gasteiger partial charge in [0.1, 0.15) is 24.7 Å². The highest BCUT2D eigenvalue weighted by Gasteiger charge is 2.51. The minimum atomic E-state index is -0.882. The fourth-order valence-corrected chi connectivity index (χ4v) is 10.5. The van der Waals surface area contributed by atoms with Gasteiger partial charge in [0.15, 0.2) is 5.60 Å². The van der Waals surface area contributed by atoms with E-state index in [4.69, 9.17) is 14.2 Å². The topological polar surface area (TPSA) is 48.0 Å². The van der Waals surface area contributed by atoms with E-state index in [0.29, 0.717) is 11.2 Å². The lowest BCUT2D eigenvalue weighted by molar-refractivity contribution is -0.138. The highest BCUT2D eigenvalue weighted by Crippen LogP contribution is 2.64. The summed E-state index contributed by atoms with van der Waals surface area (Å²) in [4.78, 5) is 14.0. The van der Waals surface area contributed by atoms with E-state index in [1.54, 1.807) is 0 Å². The zero-order chi connectivity index (χ0) is 38.3. The van der Waals surface area contributed by atoms with E-state index >= 15 is 0 Å². The Morgan fingerprint density at radius 3 is 2.14 bits per heavy atom. The maximum Gasteiger partial charge on any atom is 0.330 e. The fraction of sp³-hybridized carbons (Fsp3) is 0.353. The van der Waals surface area contributed by atoms with Crippen molar-refractivity contribution < 1.29 is 19.0 Å². The van der Waals surface area contributed by atoms with Crippen LogP contribution >= 0.6 is 0 Å². The van der Waals surface area contributed by atoms with Gasteiger partial charge in [-0.2, -0.15) is 0 Å². The molecule has 286 valence electrons. The van der Waals surface area contributed by atoms with Crippen molar-refractivity contribution in [3.8, 4) is 22.6 Å². The van der Waals surface area contributed by atoms with E-state index in [1.807, 2.05) is 12.1 Å². The summed E-state index contributed by atoms with van der Waals surface area (Å²) in [6.07, 6.45) is 16.9. The molecule has 2 fully saturated rings. The van der Waals surface area contributed by atoms with Gasteiger partial charge in [-0.1, -0.05) is 112 Å². The molecule has 1 saturated heterocycles. The van der Waals surface area contributed by atoms with Gasteiger partial charge >= 0.3 is 5.97 Å². The highest BCUT2D eigenvalue weighted by molar-refractivity contribution is 6.08. The second-order valence-electron chi connectivity index (χ2n) is 16.4. The van der Waals surface area contributed by atoms with Crippen LogP contribution in [-0.4, -0.2) is 32.3 Å². The number of rotatable bonds is 10. The largest absolute Gasteiger partial charge is 0.490 e. The van der Waals surface area contributed by atoms with Crippen molar-refractivity contribution in [2.24, 2.45) is 5.41 Å². The van der Waals surface area contributed by atoms with Gasteiger partial charge in [-0.05, 0) is 108 Å². The van der Waals surface area contributed by atoms with Crippen LogP contribution < -0.4 is 14.4 Å². The summed E-state index contributed by atoms with van der Waals surface area (Å²) in [5, 5.41) is 2.41. The van der Waals surface area contributed by atoms with E-state index in [2.05, 4.69) is 122 Å². The van der Waals surface area contributed by atoms with Crippen molar-refractivity contribution in [3.63, 3.8) is 0 Å². The molecule has 2 aliphatic heterocycles. The number of nitrogens with zero attached hydrogens (tertiary/aromatic N) is 1. The lowest BCUT2D eigenvalue weighted by Crippen LogP contribution is -2.38.